The van der Waals surface area contributed by atoms with Crippen LogP contribution in [-0.2, 0) is 30.1 Å². The van der Waals surface area contributed by atoms with Crippen LogP contribution < -0.4 is 76.3 Å². The molecular formula is C34H25N9Na2O9S3. The van der Waals surface area contributed by atoms with Crippen molar-refractivity contribution in [3.8, 4) is 5.75 Å². The minimum absolute atomic E-state index is 0. The molecule has 57 heavy (non-hydrogen) atoms. The minimum atomic E-state index is -5.39. The number of fused-ring (bicyclic) bond motifs is 1. The van der Waals surface area contributed by atoms with E-state index in [0.29, 0.717) is 34.9 Å². The molecule has 0 fully saturated rings. The van der Waals surface area contributed by atoms with Crippen LogP contribution in [-0.4, -0.2) is 39.5 Å². The van der Waals surface area contributed by atoms with E-state index in [2.05, 4.69) is 30.7 Å². The maximum Gasteiger partial charge on any atom is 1.00 e. The number of anilines is 3. The summed E-state index contributed by atoms with van der Waals surface area (Å²) in [6, 6.07) is 24.4. The summed E-state index contributed by atoms with van der Waals surface area (Å²) >= 11 is 0. The second kappa shape index (κ2) is 17.9. The predicted octanol–water partition coefficient (Wildman–Crippen LogP) is 1.19. The summed E-state index contributed by atoms with van der Waals surface area (Å²) in [7, 11) is -14.8. The second-order valence-electron chi connectivity index (χ2n) is 11.5. The molecule has 7 N–H and O–H groups in total. The van der Waals surface area contributed by atoms with Gasteiger partial charge in [-0.05, 0) is 96.4 Å². The third-order valence-corrected chi connectivity index (χ3v) is 11.2. The molecule has 0 aliphatic heterocycles. The van der Waals surface area contributed by atoms with Crippen molar-refractivity contribution in [3.63, 3.8) is 0 Å². The first kappa shape index (κ1) is 45.1. The summed E-state index contributed by atoms with van der Waals surface area (Å²) < 4.78 is 100. The summed E-state index contributed by atoms with van der Waals surface area (Å²) in [6.45, 7) is 0. The maximum absolute atomic E-state index is 13.3. The Morgan fingerprint density at radius 3 is 1.47 bits per heavy atom. The molecule has 0 aliphatic rings. The molecule has 0 saturated carbocycles. The number of sulfone groups is 1. The fourth-order valence-corrected chi connectivity index (χ4v) is 7.66. The first-order valence-electron chi connectivity index (χ1n) is 15.4. The molecule has 280 valence electrons. The molecule has 0 radical (unpaired) electrons. The van der Waals surface area contributed by atoms with Crippen LogP contribution in [0.1, 0.15) is 0 Å². The molecule has 0 atom stereocenters. The van der Waals surface area contributed by atoms with Crippen molar-refractivity contribution in [1.82, 2.24) is 0 Å². The summed E-state index contributed by atoms with van der Waals surface area (Å²) in [5.41, 5.74) is 17.3. The van der Waals surface area contributed by atoms with Gasteiger partial charge in [0.15, 0.2) is 5.75 Å². The molecule has 6 aromatic carbocycles. The maximum atomic E-state index is 13.3. The molecule has 0 unspecified atom stereocenters. The Balaban J connectivity index is 0.00000360. The Kier molecular flexibility index (Phi) is 14.1. The van der Waals surface area contributed by atoms with Gasteiger partial charge in [-0.2, -0.15) is 15.3 Å². The fourth-order valence-electron chi connectivity index (χ4n) is 5.10. The first-order chi connectivity index (χ1) is 25.9. The largest absolute Gasteiger partial charge is 1.00 e. The first-order valence-corrected chi connectivity index (χ1v) is 19.7. The monoisotopic (exact) mass is 845 g/mol. The van der Waals surface area contributed by atoms with Gasteiger partial charge >= 0.3 is 59.1 Å². The van der Waals surface area contributed by atoms with Crippen LogP contribution in [0, 0.1) is 0 Å². The second-order valence-corrected chi connectivity index (χ2v) is 16.1. The van der Waals surface area contributed by atoms with Crippen LogP contribution in [0.5, 0.6) is 5.75 Å². The van der Waals surface area contributed by atoms with E-state index < -0.39 is 73.4 Å². The number of phenols is 1. The summed E-state index contributed by atoms with van der Waals surface area (Å²) in [4.78, 5) is -2.35. The number of phenolic OH excluding ortho intramolecular Hbond substituents is 1. The van der Waals surface area contributed by atoms with Crippen molar-refractivity contribution >= 4 is 92.0 Å². The number of hydrogen-bond donors (Lipinski definition) is 4. The van der Waals surface area contributed by atoms with Gasteiger partial charge in [0.05, 0.1) is 53.4 Å². The number of nitrogens with zero attached hydrogens (tertiary/aromatic N) is 6. The third kappa shape index (κ3) is 10.1. The van der Waals surface area contributed by atoms with E-state index in [1.165, 1.54) is 66.7 Å². The van der Waals surface area contributed by atoms with Crippen molar-refractivity contribution in [3.05, 3.63) is 109 Å². The molecule has 23 heteroatoms. The zero-order chi connectivity index (χ0) is 39.7. The van der Waals surface area contributed by atoms with E-state index in [1.807, 2.05) is 0 Å². The molecule has 0 amide bonds. The number of nitrogen functional groups attached to an aromatic ring is 3. The SMILES string of the molecule is Nc1ccc(N=Nc2ccc(S(=O)(=O)c3ccc(N=Nc4c(S(=O)(=O)[O-])cc5cc(S(=O)(=O)[O-])c(N=Nc6ccccc6)c(O)c5c4N)cc3)cc2)c(N)c1.[Na+].[Na+]. The number of hydrogen-bond acceptors (Lipinski definition) is 18. The quantitative estimate of drug-likeness (QED) is 0.0654. The van der Waals surface area contributed by atoms with Crippen LogP contribution in [0.2, 0.25) is 0 Å². The van der Waals surface area contributed by atoms with Crippen molar-refractivity contribution in [1.29, 1.82) is 0 Å². The zero-order valence-corrected chi connectivity index (χ0v) is 36.2. The smallest absolute Gasteiger partial charge is 0.744 e. The number of azo groups is 3. The average molecular weight is 846 g/mol. The predicted molar refractivity (Wildman–Crippen MR) is 199 cm³/mol. The summed E-state index contributed by atoms with van der Waals surface area (Å²) in [5, 5.41) is 33.8. The van der Waals surface area contributed by atoms with Gasteiger partial charge in [-0.3, -0.25) is 0 Å². The standard InChI is InChI=1S/C34H27N9O9S3.2Na/c35-20-6-15-27(26(36)18-20)41-38-22-7-11-24(12-8-22)53(45,46)25-13-9-23(10-14-25)40-42-32-28(54(47,48)49)16-19-17-29(55(50,51)52)33(34(44)30(19)31(32)37)43-39-21-4-2-1-3-5-21;;/h1-18,44H,35-37H2,(H,47,48,49)(H,50,51,52);;/q;2*+1/p-2. The normalized spacial score (nSPS) is 12.2. The van der Waals surface area contributed by atoms with E-state index in [1.54, 1.807) is 30.3 Å². The van der Waals surface area contributed by atoms with E-state index in [9.17, 15) is 39.5 Å². The van der Waals surface area contributed by atoms with Crippen LogP contribution in [0.15, 0.2) is 159 Å². The topological polar surface area (TPSA) is 321 Å². The van der Waals surface area contributed by atoms with Crippen molar-refractivity contribution in [2.75, 3.05) is 17.2 Å². The molecular weight excluding hydrogens is 821 g/mol. The van der Waals surface area contributed by atoms with Crippen LogP contribution in [0.25, 0.3) is 10.8 Å². The Labute approximate surface area is 369 Å². The van der Waals surface area contributed by atoms with Crippen LogP contribution in [0.4, 0.5) is 51.2 Å². The molecule has 0 aromatic heterocycles. The Morgan fingerprint density at radius 2 is 0.982 bits per heavy atom. The van der Waals surface area contributed by atoms with Gasteiger partial charge in [-0.25, -0.2) is 25.3 Å². The van der Waals surface area contributed by atoms with Gasteiger partial charge in [0.25, 0.3) is 0 Å². The zero-order valence-electron chi connectivity index (χ0n) is 29.7. The fraction of sp³-hybridized carbons (Fsp3) is 0. The molecule has 6 aromatic rings. The van der Waals surface area contributed by atoms with Gasteiger partial charge in [-0.1, -0.05) is 18.2 Å². The average Bonchev–Trinajstić information content (AvgIpc) is 3.13. The number of aromatic hydroxyl groups is 1. The van der Waals surface area contributed by atoms with Crippen LogP contribution in [0.3, 0.4) is 0 Å². The van der Waals surface area contributed by atoms with Crippen molar-refractivity contribution in [2.45, 2.75) is 19.6 Å². The molecule has 0 saturated heterocycles. The van der Waals surface area contributed by atoms with Gasteiger partial charge in [0.1, 0.15) is 37.3 Å². The van der Waals surface area contributed by atoms with E-state index in [0.717, 1.165) is 0 Å². The van der Waals surface area contributed by atoms with Gasteiger partial charge in [-0.15, -0.1) is 15.3 Å². The molecule has 0 heterocycles. The minimum Gasteiger partial charge on any atom is -0.744 e. The number of rotatable bonds is 10. The van der Waals surface area contributed by atoms with E-state index >= 15 is 0 Å². The third-order valence-electron chi connectivity index (χ3n) is 7.76. The van der Waals surface area contributed by atoms with E-state index in [-0.39, 0.29) is 80.3 Å². The Hall–Kier alpha value is -4.65. The Bertz CT molecular complexity index is 2920. The van der Waals surface area contributed by atoms with Crippen molar-refractivity contribution in [2.24, 2.45) is 30.7 Å². The van der Waals surface area contributed by atoms with Crippen molar-refractivity contribution < 1.29 is 98.6 Å². The van der Waals surface area contributed by atoms with Gasteiger partial charge in [0.2, 0.25) is 9.84 Å². The molecule has 18 nitrogen and oxygen atoms in total. The summed E-state index contributed by atoms with van der Waals surface area (Å²) in [5.74, 6) is -0.979. The van der Waals surface area contributed by atoms with Gasteiger partial charge in [0, 0.05) is 5.69 Å². The summed E-state index contributed by atoms with van der Waals surface area (Å²) in [6.07, 6.45) is 0. The Morgan fingerprint density at radius 1 is 0.526 bits per heavy atom. The molecule has 0 spiro atoms. The van der Waals surface area contributed by atoms with E-state index in [4.69, 9.17) is 17.2 Å². The number of benzene rings is 6. The number of nitrogens with two attached hydrogens (primary N) is 3. The van der Waals surface area contributed by atoms with Crippen LogP contribution >= 0.6 is 0 Å². The molecule has 0 bridgehead atoms. The molecule has 0 aliphatic carbocycles. The van der Waals surface area contributed by atoms with Gasteiger partial charge < -0.3 is 31.4 Å². The molecule has 6 rings (SSSR count).